The van der Waals surface area contributed by atoms with E-state index in [1.807, 2.05) is 19.1 Å². The number of hydrogen-bond donors (Lipinski definition) is 2. The zero-order valence-corrected chi connectivity index (χ0v) is 12.9. The summed E-state index contributed by atoms with van der Waals surface area (Å²) in [5.41, 5.74) is 6.51. The van der Waals surface area contributed by atoms with Gasteiger partial charge in [0.05, 0.1) is 0 Å². The van der Waals surface area contributed by atoms with Gasteiger partial charge in [0.2, 0.25) is 5.91 Å². The van der Waals surface area contributed by atoms with Crippen molar-refractivity contribution in [1.29, 1.82) is 0 Å². The molecule has 1 fully saturated rings. The van der Waals surface area contributed by atoms with Crippen molar-refractivity contribution in [3.8, 4) is 0 Å². The van der Waals surface area contributed by atoms with E-state index in [0.717, 1.165) is 12.0 Å². The largest absolute Gasteiger partial charge is 0.352 e. The van der Waals surface area contributed by atoms with Crippen molar-refractivity contribution in [3.05, 3.63) is 33.8 Å². The lowest BCUT2D eigenvalue weighted by molar-refractivity contribution is -0.122. The molecule has 106 valence electrons. The van der Waals surface area contributed by atoms with Crippen LogP contribution in [0.2, 0.25) is 10.0 Å². The van der Waals surface area contributed by atoms with Gasteiger partial charge in [-0.2, -0.15) is 0 Å². The lowest BCUT2D eigenvalue weighted by atomic mass is 10.1. The van der Waals surface area contributed by atoms with Crippen LogP contribution in [0.25, 0.3) is 0 Å². The van der Waals surface area contributed by atoms with E-state index in [0.29, 0.717) is 16.6 Å². The second-order valence-corrected chi connectivity index (χ2v) is 5.67. The third-order valence-corrected chi connectivity index (χ3v) is 3.62. The quantitative estimate of drug-likeness (QED) is 0.895. The van der Waals surface area contributed by atoms with Crippen molar-refractivity contribution in [3.63, 3.8) is 0 Å². The molecular formula is C13H17Cl3N2O. The fraction of sp³-hybridized carbons (Fsp3) is 0.462. The van der Waals surface area contributed by atoms with Crippen LogP contribution in [0.15, 0.2) is 18.2 Å². The molecular weight excluding hydrogens is 307 g/mol. The van der Waals surface area contributed by atoms with Crippen molar-refractivity contribution in [2.45, 2.75) is 25.3 Å². The molecule has 0 aliphatic heterocycles. The van der Waals surface area contributed by atoms with Gasteiger partial charge in [0.1, 0.15) is 0 Å². The molecule has 2 rings (SSSR count). The van der Waals surface area contributed by atoms with Crippen LogP contribution in [0.3, 0.4) is 0 Å². The molecule has 1 aromatic carbocycles. The molecule has 0 heterocycles. The zero-order chi connectivity index (χ0) is 13.3. The third-order valence-electron chi connectivity index (χ3n) is 3.18. The topological polar surface area (TPSA) is 55.1 Å². The van der Waals surface area contributed by atoms with Gasteiger partial charge in [-0.05, 0) is 43.0 Å². The Morgan fingerprint density at radius 3 is 2.53 bits per heavy atom. The second-order valence-electron chi connectivity index (χ2n) is 4.80. The molecule has 1 amide bonds. The molecule has 3 N–H and O–H groups in total. The van der Waals surface area contributed by atoms with E-state index in [1.165, 1.54) is 0 Å². The maximum atomic E-state index is 11.9. The molecule has 1 aliphatic rings. The van der Waals surface area contributed by atoms with Gasteiger partial charge in [0, 0.05) is 28.5 Å². The number of rotatable bonds is 4. The lowest BCUT2D eigenvalue weighted by Gasteiger charge is -2.11. The van der Waals surface area contributed by atoms with Crippen LogP contribution in [0, 0.1) is 5.92 Å². The molecule has 2 unspecified atom stereocenters. The smallest absolute Gasteiger partial charge is 0.224 e. The summed E-state index contributed by atoms with van der Waals surface area (Å²) in [6, 6.07) is 5.46. The van der Waals surface area contributed by atoms with Crippen molar-refractivity contribution in [2.24, 2.45) is 11.7 Å². The number of halogens is 3. The van der Waals surface area contributed by atoms with E-state index in [1.54, 1.807) is 6.07 Å². The zero-order valence-electron chi connectivity index (χ0n) is 10.5. The second kappa shape index (κ2) is 6.80. The van der Waals surface area contributed by atoms with Gasteiger partial charge in [-0.25, -0.2) is 0 Å². The highest BCUT2D eigenvalue weighted by Gasteiger charge is 2.44. The summed E-state index contributed by atoms with van der Waals surface area (Å²) in [6.07, 6.45) is 0.847. The number of carbonyl (C=O) groups is 1. The highest BCUT2D eigenvalue weighted by Crippen LogP contribution is 2.48. The number of hydrogen-bond acceptors (Lipinski definition) is 2. The number of nitrogens with two attached hydrogens (primary N) is 1. The third kappa shape index (κ3) is 4.25. The van der Waals surface area contributed by atoms with Gasteiger partial charge in [0.15, 0.2) is 0 Å². The fourth-order valence-electron chi connectivity index (χ4n) is 2.05. The summed E-state index contributed by atoms with van der Waals surface area (Å²) in [4.78, 5) is 11.9. The Bertz CT molecular complexity index is 447. The minimum Gasteiger partial charge on any atom is -0.352 e. The summed E-state index contributed by atoms with van der Waals surface area (Å²) in [5.74, 6) is 0.314. The van der Waals surface area contributed by atoms with E-state index >= 15 is 0 Å². The summed E-state index contributed by atoms with van der Waals surface area (Å²) in [7, 11) is 0. The molecule has 3 nitrogen and oxygen atoms in total. The van der Waals surface area contributed by atoms with Crippen molar-refractivity contribution >= 4 is 41.5 Å². The predicted octanol–water partition coefficient (Wildman–Crippen LogP) is 2.98. The molecule has 1 aliphatic carbocycles. The molecule has 19 heavy (non-hydrogen) atoms. The molecule has 1 aromatic rings. The van der Waals surface area contributed by atoms with Gasteiger partial charge in [-0.3, -0.25) is 4.79 Å². The monoisotopic (exact) mass is 322 g/mol. The molecule has 0 spiro atoms. The van der Waals surface area contributed by atoms with Crippen LogP contribution < -0.4 is 11.1 Å². The van der Waals surface area contributed by atoms with Crippen LogP contribution in [0.4, 0.5) is 0 Å². The first kappa shape index (κ1) is 16.6. The average Bonchev–Trinajstić information content (AvgIpc) is 3.07. The first-order valence-corrected chi connectivity index (χ1v) is 6.73. The molecule has 0 aromatic heterocycles. The molecule has 0 saturated heterocycles. The van der Waals surface area contributed by atoms with Crippen LogP contribution in [-0.2, 0) is 4.79 Å². The van der Waals surface area contributed by atoms with Crippen LogP contribution in [0.5, 0.6) is 0 Å². The Morgan fingerprint density at radius 1 is 1.42 bits per heavy atom. The standard InChI is InChI=1S/C13H16Cl2N2O.ClH/c1-7(6-16)17-13(18)12-5-11(12)8-2-9(14)4-10(15)3-8;/h2-4,7,11-12H,5-6,16H2,1H3,(H,17,18);1H/t7-,11?,12?;/m0./s1. The summed E-state index contributed by atoms with van der Waals surface area (Å²) in [5, 5.41) is 4.11. The first-order valence-electron chi connectivity index (χ1n) is 5.97. The van der Waals surface area contributed by atoms with Gasteiger partial charge >= 0.3 is 0 Å². The molecule has 0 bridgehead atoms. The van der Waals surface area contributed by atoms with Crippen LogP contribution in [0.1, 0.15) is 24.8 Å². The molecule has 3 atom stereocenters. The van der Waals surface area contributed by atoms with E-state index in [-0.39, 0.29) is 36.2 Å². The summed E-state index contributed by atoms with van der Waals surface area (Å²) in [6.45, 7) is 2.34. The van der Waals surface area contributed by atoms with E-state index in [4.69, 9.17) is 28.9 Å². The average molecular weight is 324 g/mol. The predicted molar refractivity (Wildman–Crippen MR) is 81.2 cm³/mol. The van der Waals surface area contributed by atoms with Crippen LogP contribution in [-0.4, -0.2) is 18.5 Å². The van der Waals surface area contributed by atoms with Crippen LogP contribution >= 0.6 is 35.6 Å². The van der Waals surface area contributed by atoms with Gasteiger partial charge < -0.3 is 11.1 Å². The number of nitrogens with one attached hydrogen (secondary N) is 1. The van der Waals surface area contributed by atoms with E-state index in [9.17, 15) is 4.79 Å². The Labute approximate surface area is 129 Å². The van der Waals surface area contributed by atoms with Crippen molar-refractivity contribution < 1.29 is 4.79 Å². The lowest BCUT2D eigenvalue weighted by Crippen LogP contribution is -2.38. The maximum Gasteiger partial charge on any atom is 0.224 e. The highest BCUT2D eigenvalue weighted by molar-refractivity contribution is 6.34. The Balaban J connectivity index is 0.00000180. The van der Waals surface area contributed by atoms with E-state index in [2.05, 4.69) is 5.32 Å². The summed E-state index contributed by atoms with van der Waals surface area (Å²) < 4.78 is 0. The molecule has 0 radical (unpaired) electrons. The Hall–Kier alpha value is -0.480. The summed E-state index contributed by atoms with van der Waals surface area (Å²) >= 11 is 11.9. The maximum absolute atomic E-state index is 11.9. The normalized spacial score (nSPS) is 22.3. The van der Waals surface area contributed by atoms with Gasteiger partial charge in [-0.1, -0.05) is 23.2 Å². The number of carbonyl (C=O) groups excluding carboxylic acids is 1. The molecule has 6 heteroatoms. The van der Waals surface area contributed by atoms with Gasteiger partial charge in [0.25, 0.3) is 0 Å². The van der Waals surface area contributed by atoms with E-state index < -0.39 is 0 Å². The SMILES string of the molecule is C[C@@H](CN)NC(=O)C1CC1c1cc(Cl)cc(Cl)c1.Cl. The van der Waals surface area contributed by atoms with Crippen molar-refractivity contribution in [2.75, 3.05) is 6.54 Å². The van der Waals surface area contributed by atoms with Gasteiger partial charge in [-0.15, -0.1) is 12.4 Å². The Morgan fingerprint density at radius 2 is 2.00 bits per heavy atom. The minimum absolute atomic E-state index is 0. The number of amides is 1. The number of benzene rings is 1. The fourth-order valence-corrected chi connectivity index (χ4v) is 2.59. The first-order chi connectivity index (χ1) is 8.51. The minimum atomic E-state index is 0. The van der Waals surface area contributed by atoms with Crippen molar-refractivity contribution in [1.82, 2.24) is 5.32 Å². The Kier molecular flexibility index (Phi) is 5.93. The highest BCUT2D eigenvalue weighted by atomic mass is 35.5. The molecule has 1 saturated carbocycles.